The van der Waals surface area contributed by atoms with Crippen LogP contribution in [-0.4, -0.2) is 26.3 Å². The summed E-state index contributed by atoms with van der Waals surface area (Å²) in [5, 5.41) is 3.24. The summed E-state index contributed by atoms with van der Waals surface area (Å²) >= 11 is 0. The Morgan fingerprint density at radius 3 is 2.78 bits per heavy atom. The molecule has 2 aromatic carbocycles. The van der Waals surface area contributed by atoms with E-state index in [9.17, 15) is 0 Å². The van der Waals surface area contributed by atoms with E-state index in [0.717, 1.165) is 28.3 Å². The third-order valence-electron chi connectivity index (χ3n) is 4.31. The van der Waals surface area contributed by atoms with Crippen LogP contribution in [0.4, 0.5) is 17.3 Å². The molecule has 0 unspecified atom stereocenters. The minimum absolute atomic E-state index is 0.233. The van der Waals surface area contributed by atoms with Crippen molar-refractivity contribution in [1.29, 1.82) is 0 Å². The van der Waals surface area contributed by atoms with Gasteiger partial charge >= 0.3 is 0 Å². The first-order chi connectivity index (χ1) is 13.2. The van der Waals surface area contributed by atoms with Crippen LogP contribution in [0.25, 0.3) is 17.0 Å². The summed E-state index contributed by atoms with van der Waals surface area (Å²) in [5.74, 6) is 3.61. The van der Waals surface area contributed by atoms with Crippen LogP contribution in [0.2, 0.25) is 0 Å². The van der Waals surface area contributed by atoms with Crippen LogP contribution in [0.15, 0.2) is 48.5 Å². The molecule has 0 saturated carbocycles. The van der Waals surface area contributed by atoms with Crippen LogP contribution in [0.5, 0.6) is 11.5 Å². The van der Waals surface area contributed by atoms with Gasteiger partial charge in [0.25, 0.3) is 0 Å². The van der Waals surface area contributed by atoms with Gasteiger partial charge in [-0.25, -0.2) is 4.98 Å². The lowest BCUT2D eigenvalue weighted by molar-refractivity contribution is 0.174. The highest BCUT2D eigenvalue weighted by molar-refractivity contribution is 5.77. The Labute approximate surface area is 154 Å². The fourth-order valence-electron chi connectivity index (χ4n) is 3.14. The van der Waals surface area contributed by atoms with E-state index in [2.05, 4.69) is 20.3 Å². The third-order valence-corrected chi connectivity index (χ3v) is 4.31. The number of imidazole rings is 1. The molecule has 5 rings (SSSR count). The third kappa shape index (κ3) is 2.67. The maximum Gasteiger partial charge on any atom is 0.239 e. The van der Waals surface area contributed by atoms with Crippen LogP contribution < -0.4 is 20.5 Å². The van der Waals surface area contributed by atoms with E-state index in [4.69, 9.17) is 15.2 Å². The smallest absolute Gasteiger partial charge is 0.239 e. The molecule has 0 amide bonds. The first-order valence-corrected chi connectivity index (χ1v) is 8.43. The first kappa shape index (κ1) is 15.4. The quantitative estimate of drug-likeness (QED) is 0.579. The maximum atomic E-state index is 6.03. The summed E-state index contributed by atoms with van der Waals surface area (Å²) in [7, 11) is 0. The molecule has 0 spiro atoms. The summed E-state index contributed by atoms with van der Waals surface area (Å²) in [6.45, 7) is 2.15. The summed E-state index contributed by atoms with van der Waals surface area (Å²) in [4.78, 5) is 13.6. The summed E-state index contributed by atoms with van der Waals surface area (Å²) in [5.41, 5.74) is 8.66. The minimum atomic E-state index is 0.233. The Kier molecular flexibility index (Phi) is 3.36. The monoisotopic (exact) mass is 360 g/mol. The average molecular weight is 360 g/mol. The molecule has 8 nitrogen and oxygen atoms in total. The van der Waals surface area contributed by atoms with Gasteiger partial charge in [0.2, 0.25) is 12.7 Å². The SMILES string of the molecule is Cc1nc2ccccc2n1-c1nc(N)cc(Nc2ccc3c(c2)OCO3)n1. The summed E-state index contributed by atoms with van der Waals surface area (Å²) in [6.07, 6.45) is 0. The zero-order chi connectivity index (χ0) is 18.4. The number of aryl methyl sites for hydroxylation is 1. The zero-order valence-corrected chi connectivity index (χ0v) is 14.5. The lowest BCUT2D eigenvalue weighted by Crippen LogP contribution is -2.07. The molecular formula is C19H16N6O2. The molecule has 0 saturated heterocycles. The fourth-order valence-corrected chi connectivity index (χ4v) is 3.14. The normalized spacial score (nSPS) is 12.5. The Morgan fingerprint density at radius 2 is 1.85 bits per heavy atom. The lowest BCUT2D eigenvalue weighted by atomic mass is 10.3. The average Bonchev–Trinajstić information content (AvgIpc) is 3.23. The Morgan fingerprint density at radius 1 is 1.00 bits per heavy atom. The van der Waals surface area contributed by atoms with Crippen molar-refractivity contribution in [2.75, 3.05) is 17.8 Å². The molecule has 0 aliphatic carbocycles. The molecule has 8 heteroatoms. The molecule has 3 heterocycles. The van der Waals surface area contributed by atoms with Crippen molar-refractivity contribution in [3.63, 3.8) is 0 Å². The molecule has 1 aliphatic rings. The number of para-hydroxylation sites is 2. The molecule has 0 fully saturated rings. The molecule has 27 heavy (non-hydrogen) atoms. The van der Waals surface area contributed by atoms with E-state index in [1.807, 2.05) is 54.0 Å². The second kappa shape index (κ2) is 5.87. The Bertz CT molecular complexity index is 1170. The Hall–Kier alpha value is -3.81. The molecule has 0 atom stereocenters. The predicted octanol–water partition coefficient (Wildman–Crippen LogP) is 3.18. The van der Waals surface area contributed by atoms with Crippen LogP contribution in [-0.2, 0) is 0 Å². The standard InChI is InChI=1S/C19H16N6O2/c1-11-21-13-4-2-3-5-14(13)25(11)19-23-17(20)9-18(24-19)22-12-6-7-15-16(8-12)27-10-26-15/h2-9H,10H2,1H3,(H3,20,22,23,24). The molecule has 3 N–H and O–H groups in total. The van der Waals surface area contributed by atoms with E-state index >= 15 is 0 Å². The van der Waals surface area contributed by atoms with E-state index in [1.165, 1.54) is 0 Å². The van der Waals surface area contributed by atoms with Crippen LogP contribution in [0, 0.1) is 6.92 Å². The van der Waals surface area contributed by atoms with Gasteiger partial charge in [0, 0.05) is 17.8 Å². The topological polar surface area (TPSA) is 100 Å². The number of nitrogens with two attached hydrogens (primary N) is 1. The van der Waals surface area contributed by atoms with E-state index in [1.54, 1.807) is 6.07 Å². The van der Waals surface area contributed by atoms with Crippen molar-refractivity contribution in [2.45, 2.75) is 6.92 Å². The molecule has 0 radical (unpaired) electrons. The van der Waals surface area contributed by atoms with Gasteiger partial charge in [-0.3, -0.25) is 4.57 Å². The van der Waals surface area contributed by atoms with Crippen molar-refractivity contribution >= 4 is 28.4 Å². The number of anilines is 3. The highest BCUT2D eigenvalue weighted by atomic mass is 16.7. The van der Waals surface area contributed by atoms with Gasteiger partial charge in [-0.1, -0.05) is 12.1 Å². The number of fused-ring (bicyclic) bond motifs is 2. The number of nitrogens with zero attached hydrogens (tertiary/aromatic N) is 4. The fraction of sp³-hybridized carbons (Fsp3) is 0.105. The number of aromatic nitrogens is 4. The van der Waals surface area contributed by atoms with Crippen molar-refractivity contribution in [3.05, 3.63) is 54.4 Å². The number of nitrogen functional groups attached to an aromatic ring is 1. The van der Waals surface area contributed by atoms with Crippen molar-refractivity contribution < 1.29 is 9.47 Å². The van der Waals surface area contributed by atoms with E-state index in [0.29, 0.717) is 23.3 Å². The van der Waals surface area contributed by atoms with Gasteiger partial charge in [-0.05, 0) is 31.2 Å². The van der Waals surface area contributed by atoms with Crippen molar-refractivity contribution in [3.8, 4) is 17.4 Å². The van der Waals surface area contributed by atoms with E-state index in [-0.39, 0.29) is 6.79 Å². The first-order valence-electron chi connectivity index (χ1n) is 8.43. The minimum Gasteiger partial charge on any atom is -0.454 e. The number of hydrogen-bond acceptors (Lipinski definition) is 7. The molecule has 0 bridgehead atoms. The second-order valence-corrected chi connectivity index (χ2v) is 6.15. The molecule has 4 aromatic rings. The highest BCUT2D eigenvalue weighted by Crippen LogP contribution is 2.35. The molecule has 2 aromatic heterocycles. The number of ether oxygens (including phenoxy) is 2. The second-order valence-electron chi connectivity index (χ2n) is 6.15. The largest absolute Gasteiger partial charge is 0.454 e. The van der Waals surface area contributed by atoms with Gasteiger partial charge in [0.1, 0.15) is 17.5 Å². The van der Waals surface area contributed by atoms with Gasteiger partial charge in [0.15, 0.2) is 11.5 Å². The van der Waals surface area contributed by atoms with Crippen molar-refractivity contribution in [1.82, 2.24) is 19.5 Å². The Balaban J connectivity index is 1.56. The lowest BCUT2D eigenvalue weighted by Gasteiger charge is -2.11. The molecular weight excluding hydrogens is 344 g/mol. The predicted molar refractivity (Wildman–Crippen MR) is 102 cm³/mol. The number of hydrogen-bond donors (Lipinski definition) is 2. The summed E-state index contributed by atoms with van der Waals surface area (Å²) < 4.78 is 12.6. The van der Waals surface area contributed by atoms with Gasteiger partial charge in [-0.2, -0.15) is 9.97 Å². The number of nitrogens with one attached hydrogen (secondary N) is 1. The zero-order valence-electron chi connectivity index (χ0n) is 14.5. The van der Waals surface area contributed by atoms with Crippen LogP contribution >= 0.6 is 0 Å². The van der Waals surface area contributed by atoms with Gasteiger partial charge in [-0.15, -0.1) is 0 Å². The summed E-state index contributed by atoms with van der Waals surface area (Å²) in [6, 6.07) is 15.1. The number of benzene rings is 2. The van der Waals surface area contributed by atoms with Crippen molar-refractivity contribution in [2.24, 2.45) is 0 Å². The molecule has 134 valence electrons. The van der Waals surface area contributed by atoms with Gasteiger partial charge < -0.3 is 20.5 Å². The van der Waals surface area contributed by atoms with Crippen LogP contribution in [0.1, 0.15) is 5.82 Å². The van der Waals surface area contributed by atoms with E-state index < -0.39 is 0 Å². The maximum absolute atomic E-state index is 6.03. The van der Waals surface area contributed by atoms with Gasteiger partial charge in [0.05, 0.1) is 11.0 Å². The van der Waals surface area contributed by atoms with Crippen LogP contribution in [0.3, 0.4) is 0 Å². The molecule has 1 aliphatic heterocycles. The highest BCUT2D eigenvalue weighted by Gasteiger charge is 2.15. The number of rotatable bonds is 3.